The summed E-state index contributed by atoms with van der Waals surface area (Å²) >= 11 is 0. The smallest absolute Gasteiger partial charge is 0.125 e. The highest BCUT2D eigenvalue weighted by molar-refractivity contribution is 5.47. The standard InChI is InChI=1S/C15H23NO2/c1-11-14(17-2)9-13(10-15(11)18-3)8-12-4-6-16-7-5-12/h9-10,12,16H,4-8H2,1-3H3. The molecule has 1 fully saturated rings. The number of benzene rings is 1. The fraction of sp³-hybridized carbons (Fsp3) is 0.600. The summed E-state index contributed by atoms with van der Waals surface area (Å²) in [7, 11) is 3.44. The van der Waals surface area contributed by atoms with Crippen molar-refractivity contribution in [3.05, 3.63) is 23.3 Å². The summed E-state index contributed by atoms with van der Waals surface area (Å²) < 4.78 is 10.8. The molecule has 1 N–H and O–H groups in total. The van der Waals surface area contributed by atoms with E-state index in [0.29, 0.717) is 0 Å². The van der Waals surface area contributed by atoms with E-state index in [-0.39, 0.29) is 0 Å². The zero-order valence-electron chi connectivity index (χ0n) is 11.6. The molecular formula is C15H23NO2. The molecule has 1 heterocycles. The summed E-state index contributed by atoms with van der Waals surface area (Å²) in [4.78, 5) is 0. The van der Waals surface area contributed by atoms with Crippen LogP contribution in [0.1, 0.15) is 24.0 Å². The van der Waals surface area contributed by atoms with E-state index in [1.807, 2.05) is 6.92 Å². The zero-order valence-corrected chi connectivity index (χ0v) is 11.6. The Morgan fingerprint density at radius 3 is 2.17 bits per heavy atom. The lowest BCUT2D eigenvalue weighted by Gasteiger charge is -2.23. The summed E-state index contributed by atoms with van der Waals surface area (Å²) in [5.74, 6) is 2.64. The van der Waals surface area contributed by atoms with E-state index in [0.717, 1.165) is 42.5 Å². The van der Waals surface area contributed by atoms with Gasteiger partial charge in [-0.25, -0.2) is 0 Å². The van der Waals surface area contributed by atoms with Crippen LogP contribution in [0.4, 0.5) is 0 Å². The maximum absolute atomic E-state index is 5.42. The Kier molecular flexibility index (Phi) is 4.48. The highest BCUT2D eigenvalue weighted by Crippen LogP contribution is 2.31. The van der Waals surface area contributed by atoms with Crippen molar-refractivity contribution in [2.75, 3.05) is 27.3 Å². The molecule has 1 aliphatic rings. The Morgan fingerprint density at radius 2 is 1.67 bits per heavy atom. The van der Waals surface area contributed by atoms with Crippen LogP contribution in [0.5, 0.6) is 11.5 Å². The second-order valence-electron chi connectivity index (χ2n) is 5.02. The van der Waals surface area contributed by atoms with E-state index in [2.05, 4.69) is 17.4 Å². The van der Waals surface area contributed by atoms with Gasteiger partial charge < -0.3 is 14.8 Å². The van der Waals surface area contributed by atoms with Crippen molar-refractivity contribution in [3.8, 4) is 11.5 Å². The van der Waals surface area contributed by atoms with Crippen LogP contribution in [0.3, 0.4) is 0 Å². The van der Waals surface area contributed by atoms with Crippen LogP contribution in [-0.2, 0) is 6.42 Å². The molecule has 1 saturated heterocycles. The number of nitrogens with one attached hydrogen (secondary N) is 1. The van der Waals surface area contributed by atoms with Crippen molar-refractivity contribution in [2.24, 2.45) is 5.92 Å². The SMILES string of the molecule is COc1cc(CC2CCNCC2)cc(OC)c1C. The van der Waals surface area contributed by atoms with Crippen LogP contribution in [0.2, 0.25) is 0 Å². The van der Waals surface area contributed by atoms with Crippen LogP contribution >= 0.6 is 0 Å². The van der Waals surface area contributed by atoms with Gasteiger partial charge in [0, 0.05) is 5.56 Å². The summed E-state index contributed by atoms with van der Waals surface area (Å²) in [6, 6.07) is 4.31. The van der Waals surface area contributed by atoms with Crippen molar-refractivity contribution in [2.45, 2.75) is 26.2 Å². The summed E-state index contributed by atoms with van der Waals surface area (Å²) in [5.41, 5.74) is 2.40. The lowest BCUT2D eigenvalue weighted by Crippen LogP contribution is -2.28. The van der Waals surface area contributed by atoms with Crippen LogP contribution in [0.15, 0.2) is 12.1 Å². The molecule has 18 heavy (non-hydrogen) atoms. The maximum atomic E-state index is 5.42. The largest absolute Gasteiger partial charge is 0.496 e. The molecule has 0 unspecified atom stereocenters. The third-order valence-corrected chi connectivity index (χ3v) is 3.80. The second kappa shape index (κ2) is 6.10. The molecule has 100 valence electrons. The Hall–Kier alpha value is -1.22. The molecule has 0 saturated carbocycles. The maximum Gasteiger partial charge on any atom is 0.125 e. The van der Waals surface area contributed by atoms with Gasteiger partial charge in [0.1, 0.15) is 11.5 Å². The van der Waals surface area contributed by atoms with Gasteiger partial charge in [0.05, 0.1) is 14.2 Å². The van der Waals surface area contributed by atoms with Crippen LogP contribution in [0.25, 0.3) is 0 Å². The van der Waals surface area contributed by atoms with E-state index in [1.54, 1.807) is 14.2 Å². The average Bonchev–Trinajstić information content (AvgIpc) is 2.41. The third kappa shape index (κ3) is 2.96. The molecule has 0 aliphatic carbocycles. The Balaban J connectivity index is 2.16. The van der Waals surface area contributed by atoms with E-state index in [9.17, 15) is 0 Å². The first kappa shape index (κ1) is 13.2. The fourth-order valence-corrected chi connectivity index (χ4v) is 2.68. The van der Waals surface area contributed by atoms with Gasteiger partial charge >= 0.3 is 0 Å². The molecule has 3 heteroatoms. The van der Waals surface area contributed by atoms with Crippen molar-refractivity contribution in [1.29, 1.82) is 0 Å². The first-order valence-electron chi connectivity index (χ1n) is 6.66. The third-order valence-electron chi connectivity index (χ3n) is 3.80. The van der Waals surface area contributed by atoms with Gasteiger partial charge in [0.25, 0.3) is 0 Å². The van der Waals surface area contributed by atoms with E-state index in [1.165, 1.54) is 18.4 Å². The number of ether oxygens (including phenoxy) is 2. The van der Waals surface area contributed by atoms with Gasteiger partial charge in [-0.1, -0.05) is 0 Å². The summed E-state index contributed by atoms with van der Waals surface area (Å²) in [6.07, 6.45) is 3.64. The summed E-state index contributed by atoms with van der Waals surface area (Å²) in [5, 5.41) is 3.41. The van der Waals surface area contributed by atoms with Gasteiger partial charge in [-0.15, -0.1) is 0 Å². The number of piperidine rings is 1. The molecule has 0 aromatic heterocycles. The first-order valence-corrected chi connectivity index (χ1v) is 6.66. The minimum atomic E-state index is 0.781. The molecule has 1 aromatic carbocycles. The molecular weight excluding hydrogens is 226 g/mol. The molecule has 3 nitrogen and oxygen atoms in total. The summed E-state index contributed by atoms with van der Waals surface area (Å²) in [6.45, 7) is 4.32. The minimum Gasteiger partial charge on any atom is -0.496 e. The number of hydrogen-bond donors (Lipinski definition) is 1. The lowest BCUT2D eigenvalue weighted by atomic mass is 9.90. The zero-order chi connectivity index (χ0) is 13.0. The number of hydrogen-bond acceptors (Lipinski definition) is 3. The monoisotopic (exact) mass is 249 g/mol. The van der Waals surface area contributed by atoms with Gasteiger partial charge in [-0.3, -0.25) is 0 Å². The number of rotatable bonds is 4. The predicted molar refractivity (Wildman–Crippen MR) is 73.6 cm³/mol. The van der Waals surface area contributed by atoms with Crippen LogP contribution in [-0.4, -0.2) is 27.3 Å². The van der Waals surface area contributed by atoms with Crippen LogP contribution in [0, 0.1) is 12.8 Å². The van der Waals surface area contributed by atoms with E-state index < -0.39 is 0 Å². The van der Waals surface area contributed by atoms with Gasteiger partial charge in [-0.05, 0) is 62.9 Å². The van der Waals surface area contributed by atoms with Crippen molar-refractivity contribution < 1.29 is 9.47 Å². The minimum absolute atomic E-state index is 0.781. The molecule has 1 aliphatic heterocycles. The van der Waals surface area contributed by atoms with Gasteiger partial charge in [-0.2, -0.15) is 0 Å². The highest BCUT2D eigenvalue weighted by atomic mass is 16.5. The van der Waals surface area contributed by atoms with Gasteiger partial charge in [0.15, 0.2) is 0 Å². The van der Waals surface area contributed by atoms with Crippen LogP contribution < -0.4 is 14.8 Å². The first-order chi connectivity index (χ1) is 8.74. The predicted octanol–water partition coefficient (Wildman–Crippen LogP) is 2.55. The Labute approximate surface area is 109 Å². The molecule has 2 rings (SSSR count). The second-order valence-corrected chi connectivity index (χ2v) is 5.02. The lowest BCUT2D eigenvalue weighted by molar-refractivity contribution is 0.367. The normalized spacial score (nSPS) is 16.6. The Morgan fingerprint density at radius 1 is 1.11 bits per heavy atom. The van der Waals surface area contributed by atoms with Crippen molar-refractivity contribution in [1.82, 2.24) is 5.32 Å². The van der Waals surface area contributed by atoms with Crippen molar-refractivity contribution >= 4 is 0 Å². The quantitative estimate of drug-likeness (QED) is 0.889. The molecule has 0 atom stereocenters. The van der Waals surface area contributed by atoms with Crippen molar-refractivity contribution in [3.63, 3.8) is 0 Å². The van der Waals surface area contributed by atoms with Gasteiger partial charge in [0.2, 0.25) is 0 Å². The molecule has 0 radical (unpaired) electrons. The fourth-order valence-electron chi connectivity index (χ4n) is 2.68. The molecule has 0 spiro atoms. The molecule has 0 bridgehead atoms. The van der Waals surface area contributed by atoms with E-state index >= 15 is 0 Å². The average molecular weight is 249 g/mol. The van der Waals surface area contributed by atoms with E-state index in [4.69, 9.17) is 9.47 Å². The molecule has 1 aromatic rings. The topological polar surface area (TPSA) is 30.5 Å². The highest BCUT2D eigenvalue weighted by Gasteiger charge is 2.15. The molecule has 0 amide bonds. The number of methoxy groups -OCH3 is 2. The Bertz CT molecular complexity index is 372.